The number of carbonyl (C=O) groups excluding carboxylic acids is 1. The van der Waals surface area contributed by atoms with Gasteiger partial charge in [-0.25, -0.2) is 19.2 Å². The number of hydrogen-bond donors (Lipinski definition) is 1. The van der Waals surface area contributed by atoms with Crippen LogP contribution >= 0.6 is 0 Å². The van der Waals surface area contributed by atoms with E-state index in [1.165, 1.54) is 11.9 Å². The first-order valence-electron chi connectivity index (χ1n) is 14.2. The predicted octanol–water partition coefficient (Wildman–Crippen LogP) is 4.54. The number of amides is 1. The normalized spacial score (nSPS) is 15.8. The van der Waals surface area contributed by atoms with Gasteiger partial charge >= 0.3 is 6.09 Å². The molecule has 2 aliphatic rings. The van der Waals surface area contributed by atoms with E-state index in [0.717, 1.165) is 28.9 Å². The molecule has 5 rings (SSSR count). The highest BCUT2D eigenvalue weighted by Gasteiger charge is 2.28. The number of fused-ring (bicyclic) bond motifs is 1. The van der Waals surface area contributed by atoms with E-state index in [-0.39, 0.29) is 17.9 Å². The summed E-state index contributed by atoms with van der Waals surface area (Å²) in [4.78, 5) is 31.6. The van der Waals surface area contributed by atoms with Crippen molar-refractivity contribution in [2.45, 2.75) is 66.0 Å². The van der Waals surface area contributed by atoms with Crippen LogP contribution in [0.5, 0.6) is 0 Å². The number of piperazine rings is 1. The molecule has 0 bridgehead atoms. The van der Waals surface area contributed by atoms with Gasteiger partial charge in [-0.15, -0.1) is 0 Å². The topological polar surface area (TPSA) is 105 Å². The zero-order chi connectivity index (χ0) is 29.5. The molecule has 1 N–H and O–H groups in total. The van der Waals surface area contributed by atoms with Gasteiger partial charge in [-0.3, -0.25) is 4.68 Å². The third-order valence-corrected chi connectivity index (χ3v) is 7.41. The van der Waals surface area contributed by atoms with Crippen LogP contribution in [0, 0.1) is 12.7 Å². The van der Waals surface area contributed by atoms with E-state index in [0.29, 0.717) is 51.0 Å². The lowest BCUT2D eigenvalue weighted by atomic mass is 9.99. The second kappa shape index (κ2) is 11.1. The molecule has 41 heavy (non-hydrogen) atoms. The average molecular weight is 566 g/mol. The summed E-state index contributed by atoms with van der Waals surface area (Å²) >= 11 is 0. The molecule has 3 aromatic rings. The van der Waals surface area contributed by atoms with Gasteiger partial charge in [-0.05, 0) is 45.2 Å². The quantitative estimate of drug-likeness (QED) is 0.477. The van der Waals surface area contributed by atoms with Crippen LogP contribution in [-0.4, -0.2) is 74.1 Å². The fourth-order valence-corrected chi connectivity index (χ4v) is 5.58. The van der Waals surface area contributed by atoms with Crippen molar-refractivity contribution in [2.24, 2.45) is 7.05 Å². The predicted molar refractivity (Wildman–Crippen MR) is 156 cm³/mol. The van der Waals surface area contributed by atoms with Crippen LogP contribution in [0.15, 0.2) is 18.5 Å². The number of aryl methyl sites for hydroxylation is 2. The van der Waals surface area contributed by atoms with Gasteiger partial charge in [0.1, 0.15) is 11.4 Å². The molecule has 0 spiro atoms. The first-order valence-corrected chi connectivity index (χ1v) is 14.2. The van der Waals surface area contributed by atoms with Gasteiger partial charge in [0.05, 0.1) is 23.8 Å². The Morgan fingerprint density at radius 2 is 1.80 bits per heavy atom. The number of nitrogens with one attached hydrogen (secondary N) is 1. The fraction of sp³-hybridized carbons (Fsp3) is 0.552. The molecule has 0 aromatic carbocycles. The molecule has 0 radical (unpaired) electrons. The molecule has 1 saturated heterocycles. The molecule has 5 heterocycles. The van der Waals surface area contributed by atoms with Gasteiger partial charge in [-0.1, -0.05) is 13.8 Å². The van der Waals surface area contributed by atoms with Crippen LogP contribution in [0.1, 0.15) is 63.1 Å². The van der Waals surface area contributed by atoms with Crippen molar-refractivity contribution in [3.05, 3.63) is 46.8 Å². The minimum absolute atomic E-state index is 0.267. The first-order chi connectivity index (χ1) is 19.4. The zero-order valence-corrected chi connectivity index (χ0v) is 25.0. The third-order valence-electron chi connectivity index (χ3n) is 7.41. The number of hydrogen-bond acceptors (Lipinski definition) is 9. The summed E-state index contributed by atoms with van der Waals surface area (Å²) in [7, 11) is 1.97. The summed E-state index contributed by atoms with van der Waals surface area (Å²) in [6.07, 6.45) is 3.47. The van der Waals surface area contributed by atoms with E-state index in [9.17, 15) is 9.18 Å². The van der Waals surface area contributed by atoms with E-state index in [4.69, 9.17) is 4.74 Å². The Hall–Kier alpha value is -3.96. The smallest absolute Gasteiger partial charge is 0.410 e. The van der Waals surface area contributed by atoms with Crippen LogP contribution in [-0.2, 0) is 24.8 Å². The summed E-state index contributed by atoms with van der Waals surface area (Å²) in [5.41, 5.74) is 4.91. The van der Waals surface area contributed by atoms with Gasteiger partial charge in [-0.2, -0.15) is 10.1 Å². The maximum atomic E-state index is 14.9. The van der Waals surface area contributed by atoms with E-state index < -0.39 is 11.4 Å². The molecule has 12 heteroatoms. The van der Waals surface area contributed by atoms with E-state index in [2.05, 4.69) is 44.1 Å². The van der Waals surface area contributed by atoms with Crippen LogP contribution in [0.2, 0.25) is 0 Å². The van der Waals surface area contributed by atoms with Gasteiger partial charge in [0.2, 0.25) is 5.95 Å². The molecule has 11 nitrogen and oxygen atoms in total. The van der Waals surface area contributed by atoms with Crippen LogP contribution in [0.3, 0.4) is 0 Å². The number of nitrogens with zero attached hydrogens (tertiary/aromatic N) is 8. The van der Waals surface area contributed by atoms with Crippen molar-refractivity contribution in [1.29, 1.82) is 0 Å². The van der Waals surface area contributed by atoms with Gasteiger partial charge in [0.15, 0.2) is 11.6 Å². The van der Waals surface area contributed by atoms with Crippen molar-refractivity contribution in [1.82, 2.24) is 29.6 Å². The monoisotopic (exact) mass is 565 g/mol. The molecule has 3 aromatic heterocycles. The third kappa shape index (κ3) is 6.20. The largest absolute Gasteiger partial charge is 0.444 e. The summed E-state index contributed by atoms with van der Waals surface area (Å²) < 4.78 is 22.4. The van der Waals surface area contributed by atoms with E-state index in [1.54, 1.807) is 4.90 Å². The molecule has 220 valence electrons. The lowest BCUT2D eigenvalue weighted by Crippen LogP contribution is -2.50. The Bertz CT molecular complexity index is 1420. The number of halogens is 1. The van der Waals surface area contributed by atoms with Gasteiger partial charge < -0.3 is 24.8 Å². The lowest BCUT2D eigenvalue weighted by Gasteiger charge is -2.37. The SMILES string of the molecule is Cc1cc(Nc2ncc(F)c(N3CCc4nn(C)c(C(C)C)c4C3)n2)ncc1N1CCN(C(=O)OC(C)(C)C)CC1. The molecule has 2 aliphatic heterocycles. The molecule has 0 atom stereocenters. The number of ether oxygens (including phenoxy) is 1. The van der Waals surface area contributed by atoms with Crippen LogP contribution in [0.25, 0.3) is 0 Å². The molecule has 1 amide bonds. The Morgan fingerprint density at radius 3 is 2.46 bits per heavy atom. The fourth-order valence-electron chi connectivity index (χ4n) is 5.58. The van der Waals surface area contributed by atoms with Crippen LogP contribution in [0.4, 0.5) is 32.5 Å². The van der Waals surface area contributed by atoms with Gasteiger partial charge in [0.25, 0.3) is 0 Å². The van der Waals surface area contributed by atoms with Crippen molar-refractivity contribution in [3.8, 4) is 0 Å². The molecular weight excluding hydrogens is 525 g/mol. The number of carbonyl (C=O) groups is 1. The highest BCUT2D eigenvalue weighted by molar-refractivity contribution is 5.69. The Morgan fingerprint density at radius 1 is 1.07 bits per heavy atom. The maximum absolute atomic E-state index is 14.9. The number of rotatable bonds is 5. The zero-order valence-electron chi connectivity index (χ0n) is 25.0. The molecule has 0 saturated carbocycles. The van der Waals surface area contributed by atoms with E-state index in [1.807, 2.05) is 56.6 Å². The highest BCUT2D eigenvalue weighted by atomic mass is 19.1. The van der Waals surface area contributed by atoms with E-state index >= 15 is 0 Å². The summed E-state index contributed by atoms with van der Waals surface area (Å²) in [6.45, 7) is 15.6. The standard InChI is InChI=1S/C29H40FN9O2/c1-18(2)25-20-17-39(9-8-22(20)35-36(25)7)26-21(30)15-32-27(34-26)33-24-14-19(3)23(16-31-24)37-10-12-38(13-11-37)28(40)41-29(4,5)6/h14-16,18H,8-13,17H2,1-7H3,(H,31,32,33,34). The Kier molecular flexibility index (Phi) is 7.76. The minimum atomic E-state index is -0.513. The van der Waals surface area contributed by atoms with Crippen molar-refractivity contribution >= 4 is 29.4 Å². The molecular formula is C29H40FN9O2. The molecule has 0 aliphatic carbocycles. The second-order valence-corrected chi connectivity index (χ2v) is 12.1. The lowest BCUT2D eigenvalue weighted by molar-refractivity contribution is 0.0240. The average Bonchev–Trinajstić information content (AvgIpc) is 3.24. The molecule has 1 fully saturated rings. The number of aromatic nitrogens is 5. The number of pyridine rings is 1. The summed E-state index contributed by atoms with van der Waals surface area (Å²) in [5, 5.41) is 7.83. The minimum Gasteiger partial charge on any atom is -0.444 e. The first kappa shape index (κ1) is 28.6. The Balaban J connectivity index is 1.26. The van der Waals surface area contributed by atoms with Crippen LogP contribution < -0.4 is 15.1 Å². The van der Waals surface area contributed by atoms with Crippen molar-refractivity contribution in [2.75, 3.05) is 47.8 Å². The molecule has 0 unspecified atom stereocenters. The maximum Gasteiger partial charge on any atom is 0.410 e. The van der Waals surface area contributed by atoms with Gasteiger partial charge in [0, 0.05) is 64.0 Å². The summed E-state index contributed by atoms with van der Waals surface area (Å²) in [6, 6.07) is 1.93. The summed E-state index contributed by atoms with van der Waals surface area (Å²) in [5.74, 6) is 0.983. The van der Waals surface area contributed by atoms with Crippen molar-refractivity contribution in [3.63, 3.8) is 0 Å². The highest BCUT2D eigenvalue weighted by Crippen LogP contribution is 2.31. The Labute approximate surface area is 240 Å². The van der Waals surface area contributed by atoms with Crippen molar-refractivity contribution < 1.29 is 13.9 Å². The second-order valence-electron chi connectivity index (χ2n) is 12.1. The number of anilines is 4.